The van der Waals surface area contributed by atoms with Crippen LogP contribution < -0.4 is 10.5 Å². The van der Waals surface area contributed by atoms with Gasteiger partial charge < -0.3 is 10.5 Å². The van der Waals surface area contributed by atoms with Crippen molar-refractivity contribution in [2.75, 3.05) is 6.54 Å². The third-order valence-corrected chi connectivity index (χ3v) is 4.34. The minimum Gasteiger partial charge on any atom is -0.482 e. The van der Waals surface area contributed by atoms with E-state index < -0.39 is 0 Å². The van der Waals surface area contributed by atoms with E-state index in [-0.39, 0.29) is 11.9 Å². The molecule has 0 amide bonds. The summed E-state index contributed by atoms with van der Waals surface area (Å²) in [5, 5.41) is 2.00. The molecule has 0 saturated heterocycles. The average molecular weight is 330 g/mol. The molecule has 0 saturated carbocycles. The number of hydrogen-bond donors (Lipinski definition) is 1. The van der Waals surface area contributed by atoms with Crippen molar-refractivity contribution >= 4 is 27.3 Å². The number of rotatable bonds is 4. The van der Waals surface area contributed by atoms with Gasteiger partial charge in [0.25, 0.3) is 0 Å². The van der Waals surface area contributed by atoms with Gasteiger partial charge in [0.1, 0.15) is 17.7 Å². The molecule has 0 aliphatic heterocycles. The first kappa shape index (κ1) is 13.5. The Labute approximate surface area is 118 Å². The summed E-state index contributed by atoms with van der Waals surface area (Å²) in [6, 6.07) is 6.38. The first-order chi connectivity index (χ1) is 8.61. The van der Waals surface area contributed by atoms with Crippen molar-refractivity contribution in [3.8, 4) is 5.75 Å². The molecular formula is C13H13BrFNOS. The zero-order valence-corrected chi connectivity index (χ0v) is 12.2. The van der Waals surface area contributed by atoms with Crippen LogP contribution in [0.5, 0.6) is 5.75 Å². The Morgan fingerprint density at radius 1 is 1.44 bits per heavy atom. The smallest absolute Gasteiger partial charge is 0.145 e. The summed E-state index contributed by atoms with van der Waals surface area (Å²) < 4.78 is 19.7. The van der Waals surface area contributed by atoms with Crippen molar-refractivity contribution in [3.05, 3.63) is 50.4 Å². The molecule has 96 valence electrons. The van der Waals surface area contributed by atoms with Crippen LogP contribution in [0.1, 0.15) is 16.5 Å². The minimum absolute atomic E-state index is 0.247. The van der Waals surface area contributed by atoms with Crippen LogP contribution in [0, 0.1) is 12.7 Å². The van der Waals surface area contributed by atoms with Gasteiger partial charge in [-0.2, -0.15) is 0 Å². The van der Waals surface area contributed by atoms with E-state index in [2.05, 4.69) is 15.9 Å². The number of thiophene rings is 1. The molecule has 0 fully saturated rings. The first-order valence-corrected chi connectivity index (χ1v) is 7.15. The van der Waals surface area contributed by atoms with E-state index in [1.165, 1.54) is 12.1 Å². The number of benzene rings is 1. The van der Waals surface area contributed by atoms with Gasteiger partial charge in [-0.3, -0.25) is 0 Å². The van der Waals surface area contributed by atoms with E-state index in [0.717, 1.165) is 14.9 Å². The van der Waals surface area contributed by atoms with Gasteiger partial charge in [0.15, 0.2) is 0 Å². The molecule has 0 bridgehead atoms. The lowest BCUT2D eigenvalue weighted by atomic mass is 10.2. The third-order valence-electron chi connectivity index (χ3n) is 2.57. The monoisotopic (exact) mass is 329 g/mol. The predicted octanol–water partition coefficient (Wildman–Crippen LogP) is 4.04. The maximum atomic E-state index is 13.2. The highest BCUT2D eigenvalue weighted by atomic mass is 79.9. The van der Waals surface area contributed by atoms with Gasteiger partial charge in [0, 0.05) is 17.5 Å². The number of ether oxygens (including phenoxy) is 1. The fourth-order valence-electron chi connectivity index (χ4n) is 1.64. The van der Waals surface area contributed by atoms with Crippen molar-refractivity contribution in [2.45, 2.75) is 13.0 Å². The second kappa shape index (κ2) is 5.82. The van der Waals surface area contributed by atoms with Gasteiger partial charge in [0.05, 0.1) is 4.47 Å². The van der Waals surface area contributed by atoms with Crippen LogP contribution in [0.15, 0.2) is 34.1 Å². The topological polar surface area (TPSA) is 35.2 Å². The van der Waals surface area contributed by atoms with Crippen molar-refractivity contribution in [2.24, 2.45) is 5.73 Å². The molecule has 2 rings (SSSR count). The van der Waals surface area contributed by atoms with Crippen molar-refractivity contribution in [1.29, 1.82) is 0 Å². The van der Waals surface area contributed by atoms with E-state index in [9.17, 15) is 4.39 Å². The molecule has 0 aliphatic rings. The molecule has 18 heavy (non-hydrogen) atoms. The molecule has 2 nitrogen and oxygen atoms in total. The molecule has 1 aromatic heterocycles. The van der Waals surface area contributed by atoms with E-state index in [1.54, 1.807) is 17.4 Å². The summed E-state index contributed by atoms with van der Waals surface area (Å²) in [5.41, 5.74) is 6.88. The zero-order chi connectivity index (χ0) is 13.1. The Hall–Kier alpha value is -0.910. The Morgan fingerprint density at radius 2 is 2.22 bits per heavy atom. The second-order valence-electron chi connectivity index (χ2n) is 3.88. The minimum atomic E-state index is -0.327. The fraction of sp³-hybridized carbons (Fsp3) is 0.231. The van der Waals surface area contributed by atoms with Crippen LogP contribution in [-0.4, -0.2) is 6.54 Å². The lowest BCUT2D eigenvalue weighted by Crippen LogP contribution is -2.18. The average Bonchev–Trinajstić information content (AvgIpc) is 2.77. The molecule has 0 spiro atoms. The lowest BCUT2D eigenvalue weighted by Gasteiger charge is -2.18. The number of nitrogens with two attached hydrogens (primary N) is 1. The normalized spacial score (nSPS) is 12.4. The first-order valence-electron chi connectivity index (χ1n) is 5.47. The van der Waals surface area contributed by atoms with E-state index >= 15 is 0 Å². The molecule has 1 unspecified atom stereocenters. The Morgan fingerprint density at radius 3 is 2.83 bits per heavy atom. The highest BCUT2D eigenvalue weighted by molar-refractivity contribution is 9.10. The highest BCUT2D eigenvalue weighted by Gasteiger charge is 2.17. The number of hydrogen-bond acceptors (Lipinski definition) is 3. The Kier molecular flexibility index (Phi) is 4.37. The van der Waals surface area contributed by atoms with Crippen molar-refractivity contribution in [1.82, 2.24) is 0 Å². The van der Waals surface area contributed by atoms with Crippen LogP contribution >= 0.6 is 27.3 Å². The molecule has 5 heteroatoms. The molecule has 1 atom stereocenters. The van der Waals surface area contributed by atoms with E-state index in [1.807, 2.05) is 18.4 Å². The van der Waals surface area contributed by atoms with E-state index in [0.29, 0.717) is 12.3 Å². The summed E-state index contributed by atoms with van der Waals surface area (Å²) in [6.45, 7) is 2.36. The van der Waals surface area contributed by atoms with Crippen molar-refractivity contribution < 1.29 is 9.13 Å². The van der Waals surface area contributed by atoms with Gasteiger partial charge in [-0.15, -0.1) is 11.3 Å². The Balaban J connectivity index is 2.26. The maximum absolute atomic E-state index is 13.2. The van der Waals surface area contributed by atoms with Gasteiger partial charge >= 0.3 is 0 Å². The van der Waals surface area contributed by atoms with Crippen LogP contribution in [0.2, 0.25) is 0 Å². The quantitative estimate of drug-likeness (QED) is 0.918. The lowest BCUT2D eigenvalue weighted by molar-refractivity contribution is 0.215. The van der Waals surface area contributed by atoms with Gasteiger partial charge in [-0.25, -0.2) is 4.39 Å². The molecule has 2 N–H and O–H groups in total. The summed E-state index contributed by atoms with van der Waals surface area (Å²) in [7, 11) is 0. The molecule has 0 aliphatic carbocycles. The fourth-order valence-corrected chi connectivity index (χ4v) is 2.95. The highest BCUT2D eigenvalue weighted by Crippen LogP contribution is 2.32. The maximum Gasteiger partial charge on any atom is 0.145 e. The summed E-state index contributed by atoms with van der Waals surface area (Å²) >= 11 is 4.94. The van der Waals surface area contributed by atoms with Crippen LogP contribution in [0.3, 0.4) is 0 Å². The number of halogens is 2. The second-order valence-corrected chi connectivity index (χ2v) is 5.69. The van der Waals surface area contributed by atoms with Gasteiger partial charge in [0.2, 0.25) is 0 Å². The van der Waals surface area contributed by atoms with Crippen molar-refractivity contribution in [3.63, 3.8) is 0 Å². The van der Waals surface area contributed by atoms with E-state index in [4.69, 9.17) is 10.5 Å². The summed E-state index contributed by atoms with van der Waals surface area (Å²) in [4.78, 5) is 1.08. The molecule has 0 radical (unpaired) electrons. The standard InChI is InChI=1S/C13H13BrFNOS/c1-8-4-5-18-13(8)12(7-16)17-11-6-9(15)2-3-10(11)14/h2-6,12H,7,16H2,1H3. The molecule has 1 heterocycles. The number of aryl methyl sites for hydroxylation is 1. The third kappa shape index (κ3) is 2.91. The zero-order valence-electron chi connectivity index (χ0n) is 9.82. The van der Waals surface area contributed by atoms with Crippen LogP contribution in [-0.2, 0) is 0 Å². The predicted molar refractivity (Wildman–Crippen MR) is 75.6 cm³/mol. The van der Waals surface area contributed by atoms with Gasteiger partial charge in [-0.05, 0) is 52.0 Å². The molecular weight excluding hydrogens is 317 g/mol. The van der Waals surface area contributed by atoms with Crippen LogP contribution in [0.4, 0.5) is 4.39 Å². The molecule has 2 aromatic rings. The SMILES string of the molecule is Cc1ccsc1C(CN)Oc1cc(F)ccc1Br. The molecule has 1 aromatic carbocycles. The van der Waals surface area contributed by atoms with Gasteiger partial charge in [-0.1, -0.05) is 0 Å². The van der Waals surface area contributed by atoms with Crippen LogP contribution in [0.25, 0.3) is 0 Å². The summed E-state index contributed by atoms with van der Waals surface area (Å²) in [6.07, 6.45) is -0.247. The Bertz CT molecular complexity index is 544. The largest absolute Gasteiger partial charge is 0.482 e. The summed E-state index contributed by atoms with van der Waals surface area (Å²) in [5.74, 6) is 0.144.